The van der Waals surface area contributed by atoms with Crippen LogP contribution in [0.2, 0.25) is 0 Å². The number of hydrogen-bond donors (Lipinski definition) is 1. The molecular weight excluding hydrogens is 270 g/mol. The van der Waals surface area contributed by atoms with E-state index < -0.39 is 5.97 Å². The van der Waals surface area contributed by atoms with Gasteiger partial charge < -0.3 is 14.6 Å². The number of aryl methyl sites for hydroxylation is 1. The van der Waals surface area contributed by atoms with Gasteiger partial charge in [0, 0.05) is 6.20 Å². The van der Waals surface area contributed by atoms with E-state index in [0.717, 1.165) is 12.0 Å². The quantitative estimate of drug-likeness (QED) is 0.877. The van der Waals surface area contributed by atoms with Crippen LogP contribution in [0.1, 0.15) is 29.3 Å². The molecule has 0 aliphatic carbocycles. The standard InChI is InChI=1S/C16H17NO4/c1-3-9-20-13-5-4-8-17-15(13)21-14-10-11(2)6-7-12(14)16(18)19/h4-8,10H,3,9H2,1-2H3,(H,18,19). The number of carbonyl (C=O) groups is 1. The van der Waals surface area contributed by atoms with Gasteiger partial charge in [0.1, 0.15) is 11.3 Å². The van der Waals surface area contributed by atoms with Crippen molar-refractivity contribution in [3.05, 3.63) is 47.7 Å². The molecule has 0 radical (unpaired) electrons. The fourth-order valence-electron chi connectivity index (χ4n) is 1.77. The van der Waals surface area contributed by atoms with Crippen LogP contribution in [0.15, 0.2) is 36.5 Å². The number of rotatable bonds is 6. The first-order chi connectivity index (χ1) is 10.1. The number of benzene rings is 1. The van der Waals surface area contributed by atoms with Crippen molar-refractivity contribution in [2.24, 2.45) is 0 Å². The molecule has 0 unspecified atom stereocenters. The van der Waals surface area contributed by atoms with Gasteiger partial charge in [-0.15, -0.1) is 0 Å². The first-order valence-corrected chi connectivity index (χ1v) is 6.71. The number of pyridine rings is 1. The second-order valence-corrected chi connectivity index (χ2v) is 4.56. The lowest BCUT2D eigenvalue weighted by atomic mass is 10.1. The summed E-state index contributed by atoms with van der Waals surface area (Å²) in [6.45, 7) is 4.41. The maximum absolute atomic E-state index is 11.2. The Kier molecular flexibility index (Phi) is 4.77. The van der Waals surface area contributed by atoms with E-state index in [9.17, 15) is 9.90 Å². The highest BCUT2D eigenvalue weighted by Gasteiger charge is 2.15. The summed E-state index contributed by atoms with van der Waals surface area (Å²) in [4.78, 5) is 15.4. The topological polar surface area (TPSA) is 68.7 Å². The number of carboxylic acid groups (broad SMARTS) is 1. The van der Waals surface area contributed by atoms with Crippen LogP contribution in [-0.4, -0.2) is 22.7 Å². The Hall–Kier alpha value is -2.56. The maximum atomic E-state index is 11.2. The van der Waals surface area contributed by atoms with E-state index in [1.165, 1.54) is 6.07 Å². The summed E-state index contributed by atoms with van der Waals surface area (Å²) >= 11 is 0. The predicted molar refractivity (Wildman–Crippen MR) is 78.2 cm³/mol. The third-order valence-corrected chi connectivity index (χ3v) is 2.77. The maximum Gasteiger partial charge on any atom is 0.339 e. The van der Waals surface area contributed by atoms with Crippen molar-refractivity contribution >= 4 is 5.97 Å². The summed E-state index contributed by atoms with van der Waals surface area (Å²) in [7, 11) is 0. The lowest BCUT2D eigenvalue weighted by molar-refractivity contribution is 0.0694. The number of nitrogens with zero attached hydrogens (tertiary/aromatic N) is 1. The van der Waals surface area contributed by atoms with E-state index >= 15 is 0 Å². The van der Waals surface area contributed by atoms with Gasteiger partial charge in [-0.1, -0.05) is 13.0 Å². The lowest BCUT2D eigenvalue weighted by Gasteiger charge is -2.12. The van der Waals surface area contributed by atoms with E-state index in [-0.39, 0.29) is 17.2 Å². The van der Waals surface area contributed by atoms with Gasteiger partial charge in [-0.2, -0.15) is 0 Å². The molecule has 0 saturated carbocycles. The molecule has 110 valence electrons. The Labute approximate surface area is 123 Å². The average Bonchev–Trinajstić information content (AvgIpc) is 2.46. The van der Waals surface area contributed by atoms with Gasteiger partial charge in [0.05, 0.1) is 6.61 Å². The molecule has 2 aromatic rings. The normalized spacial score (nSPS) is 10.2. The number of aromatic nitrogens is 1. The highest BCUT2D eigenvalue weighted by Crippen LogP contribution is 2.31. The van der Waals surface area contributed by atoms with Crippen LogP contribution in [0.3, 0.4) is 0 Å². The summed E-state index contributed by atoms with van der Waals surface area (Å²) in [5.74, 6) is -0.0317. The van der Waals surface area contributed by atoms with Gasteiger partial charge in [0.25, 0.3) is 5.88 Å². The summed E-state index contributed by atoms with van der Waals surface area (Å²) in [6.07, 6.45) is 2.43. The molecule has 0 saturated heterocycles. The van der Waals surface area contributed by atoms with Crippen LogP contribution in [0, 0.1) is 6.92 Å². The summed E-state index contributed by atoms with van der Waals surface area (Å²) in [5.41, 5.74) is 0.995. The summed E-state index contributed by atoms with van der Waals surface area (Å²) in [6, 6.07) is 8.40. The number of carboxylic acids is 1. The zero-order valence-corrected chi connectivity index (χ0v) is 12.0. The van der Waals surface area contributed by atoms with Gasteiger partial charge in [-0.25, -0.2) is 9.78 Å². The summed E-state index contributed by atoms with van der Waals surface area (Å²) < 4.78 is 11.2. The number of ether oxygens (including phenoxy) is 2. The molecule has 0 amide bonds. The zero-order chi connectivity index (χ0) is 15.2. The first-order valence-electron chi connectivity index (χ1n) is 6.71. The average molecular weight is 287 g/mol. The van der Waals surface area contributed by atoms with Crippen molar-refractivity contribution in [2.45, 2.75) is 20.3 Å². The second-order valence-electron chi connectivity index (χ2n) is 4.56. The number of aromatic carboxylic acids is 1. The van der Waals surface area contributed by atoms with Crippen LogP contribution in [0.5, 0.6) is 17.4 Å². The molecule has 0 aliphatic rings. The monoisotopic (exact) mass is 287 g/mol. The molecule has 0 fully saturated rings. The Morgan fingerprint density at radius 1 is 1.29 bits per heavy atom. The van der Waals surface area contributed by atoms with Gasteiger partial charge in [0.15, 0.2) is 5.75 Å². The van der Waals surface area contributed by atoms with E-state index in [1.807, 2.05) is 13.8 Å². The molecule has 1 aromatic carbocycles. The van der Waals surface area contributed by atoms with Gasteiger partial charge >= 0.3 is 5.97 Å². The lowest BCUT2D eigenvalue weighted by Crippen LogP contribution is -2.03. The Balaban J connectivity index is 2.34. The van der Waals surface area contributed by atoms with Crippen LogP contribution in [0.4, 0.5) is 0 Å². The van der Waals surface area contributed by atoms with Crippen LogP contribution in [-0.2, 0) is 0 Å². The van der Waals surface area contributed by atoms with Crippen molar-refractivity contribution < 1.29 is 19.4 Å². The third kappa shape index (κ3) is 3.72. The minimum Gasteiger partial charge on any atom is -0.488 e. The van der Waals surface area contributed by atoms with Gasteiger partial charge in [-0.3, -0.25) is 0 Å². The van der Waals surface area contributed by atoms with Crippen molar-refractivity contribution in [3.63, 3.8) is 0 Å². The zero-order valence-electron chi connectivity index (χ0n) is 12.0. The smallest absolute Gasteiger partial charge is 0.339 e. The highest BCUT2D eigenvalue weighted by molar-refractivity contribution is 5.91. The molecule has 1 aromatic heterocycles. The van der Waals surface area contributed by atoms with Gasteiger partial charge in [0.2, 0.25) is 0 Å². The molecule has 1 heterocycles. The molecule has 2 rings (SSSR count). The molecular formula is C16H17NO4. The van der Waals surface area contributed by atoms with Crippen molar-refractivity contribution in [1.82, 2.24) is 4.98 Å². The molecule has 5 heteroatoms. The van der Waals surface area contributed by atoms with E-state index in [0.29, 0.717) is 12.4 Å². The fraction of sp³-hybridized carbons (Fsp3) is 0.250. The second kappa shape index (κ2) is 6.74. The third-order valence-electron chi connectivity index (χ3n) is 2.77. The first kappa shape index (κ1) is 14.8. The molecule has 5 nitrogen and oxygen atoms in total. The summed E-state index contributed by atoms with van der Waals surface area (Å²) in [5, 5.41) is 9.21. The van der Waals surface area contributed by atoms with Crippen molar-refractivity contribution in [1.29, 1.82) is 0 Å². The van der Waals surface area contributed by atoms with E-state index in [4.69, 9.17) is 9.47 Å². The Morgan fingerprint density at radius 3 is 2.81 bits per heavy atom. The molecule has 1 N–H and O–H groups in total. The highest BCUT2D eigenvalue weighted by atomic mass is 16.5. The van der Waals surface area contributed by atoms with E-state index in [1.54, 1.807) is 30.5 Å². The molecule has 0 atom stereocenters. The minimum absolute atomic E-state index is 0.0905. The van der Waals surface area contributed by atoms with Crippen LogP contribution < -0.4 is 9.47 Å². The SMILES string of the molecule is CCCOc1cccnc1Oc1cc(C)ccc1C(=O)O. The van der Waals surface area contributed by atoms with E-state index in [2.05, 4.69) is 4.98 Å². The molecule has 0 spiro atoms. The Morgan fingerprint density at radius 2 is 2.10 bits per heavy atom. The number of hydrogen-bond acceptors (Lipinski definition) is 4. The molecule has 0 bridgehead atoms. The van der Waals surface area contributed by atoms with Gasteiger partial charge in [-0.05, 0) is 43.2 Å². The van der Waals surface area contributed by atoms with Crippen LogP contribution >= 0.6 is 0 Å². The largest absolute Gasteiger partial charge is 0.488 e. The molecule has 21 heavy (non-hydrogen) atoms. The fourth-order valence-corrected chi connectivity index (χ4v) is 1.77. The van der Waals surface area contributed by atoms with Crippen molar-refractivity contribution in [3.8, 4) is 17.4 Å². The predicted octanol–water partition coefficient (Wildman–Crippen LogP) is 3.67. The minimum atomic E-state index is -1.04. The van der Waals surface area contributed by atoms with Crippen molar-refractivity contribution in [2.75, 3.05) is 6.61 Å². The molecule has 0 aliphatic heterocycles. The Bertz CT molecular complexity index is 640. The van der Waals surface area contributed by atoms with Crippen LogP contribution in [0.25, 0.3) is 0 Å².